The lowest BCUT2D eigenvalue weighted by Gasteiger charge is -2.20. The minimum atomic E-state index is -4.63. The van der Waals surface area contributed by atoms with Gasteiger partial charge in [0.15, 0.2) is 11.9 Å². The van der Waals surface area contributed by atoms with Crippen molar-refractivity contribution < 1.29 is 52.6 Å². The first kappa shape index (κ1) is 50.1. The zero-order chi connectivity index (χ0) is 38.5. The van der Waals surface area contributed by atoms with Crippen LogP contribution in [0.15, 0.2) is 24.3 Å². The summed E-state index contributed by atoms with van der Waals surface area (Å²) in [5, 5.41) is 18.3. The number of hydrogen-bond donors (Lipinski definition) is 3. The maximum Gasteiger partial charge on any atom is 0.472 e. The van der Waals surface area contributed by atoms with E-state index in [1.807, 2.05) is 12.2 Å². The van der Waals surface area contributed by atoms with Gasteiger partial charge in [0, 0.05) is 19.3 Å². The highest BCUT2D eigenvalue weighted by Crippen LogP contribution is 2.43. The summed E-state index contributed by atoms with van der Waals surface area (Å²) in [5.41, 5.74) is 0. The van der Waals surface area contributed by atoms with Gasteiger partial charge >= 0.3 is 19.8 Å². The number of esters is 2. The number of hydrogen-bond acceptors (Lipinski definition) is 10. The minimum absolute atomic E-state index is 0.135. The van der Waals surface area contributed by atoms with Crippen molar-refractivity contribution in [1.29, 1.82) is 0 Å². The Morgan fingerprint density at radius 2 is 1.10 bits per heavy atom. The lowest BCUT2D eigenvalue weighted by Crippen LogP contribution is -2.29. The van der Waals surface area contributed by atoms with E-state index in [0.29, 0.717) is 19.3 Å². The van der Waals surface area contributed by atoms with Gasteiger partial charge in [-0.25, -0.2) is 4.57 Å². The zero-order valence-corrected chi connectivity index (χ0v) is 33.4. The lowest BCUT2D eigenvalue weighted by atomic mass is 10.0. The Morgan fingerprint density at radius 3 is 1.67 bits per heavy atom. The fourth-order valence-corrected chi connectivity index (χ4v) is 6.18. The summed E-state index contributed by atoms with van der Waals surface area (Å²) < 4.78 is 32.6. The van der Waals surface area contributed by atoms with Crippen LogP contribution < -0.4 is 0 Å². The largest absolute Gasteiger partial charge is 0.472 e. The Labute approximate surface area is 314 Å². The maximum absolute atomic E-state index is 12.6. The number of aliphatic hydroxyl groups is 2. The molecule has 11 nitrogen and oxygen atoms in total. The quantitative estimate of drug-likeness (QED) is 0.0180. The molecule has 0 aromatic carbocycles. The summed E-state index contributed by atoms with van der Waals surface area (Å²) in [7, 11) is -4.63. The third kappa shape index (κ3) is 35.2. The SMILES string of the molecule is CCCCCCCCCCCCCCCC(=O)OC[C@H](COP(=O)(O)OC[C@@H](O)CO)OC(=O)CCCCCCC/C=C\C=C\C(=O)CCCCC. The van der Waals surface area contributed by atoms with Crippen LogP contribution in [0.25, 0.3) is 0 Å². The number of aliphatic hydroxyl groups excluding tert-OH is 2. The van der Waals surface area contributed by atoms with Crippen molar-refractivity contribution in [3.8, 4) is 0 Å². The van der Waals surface area contributed by atoms with Gasteiger partial charge in [0.1, 0.15) is 12.7 Å². The first-order valence-electron chi connectivity index (χ1n) is 20.2. The van der Waals surface area contributed by atoms with Crippen molar-refractivity contribution in [2.75, 3.05) is 26.4 Å². The molecule has 0 aromatic rings. The van der Waals surface area contributed by atoms with Gasteiger partial charge in [-0.3, -0.25) is 23.4 Å². The van der Waals surface area contributed by atoms with E-state index in [-0.39, 0.29) is 25.2 Å². The molecule has 0 saturated carbocycles. The molecule has 0 radical (unpaired) electrons. The molecular weight excluding hydrogens is 687 g/mol. The van der Waals surface area contributed by atoms with E-state index in [9.17, 15) is 28.9 Å². The molecule has 0 aliphatic heterocycles. The molecule has 3 atom stereocenters. The molecule has 0 spiro atoms. The van der Waals surface area contributed by atoms with Crippen LogP contribution in [0.3, 0.4) is 0 Å². The number of phosphoric ester groups is 1. The third-order valence-electron chi connectivity index (χ3n) is 8.58. The Balaban J connectivity index is 4.40. The summed E-state index contributed by atoms with van der Waals surface area (Å²) >= 11 is 0. The van der Waals surface area contributed by atoms with Crippen LogP contribution in [-0.4, -0.2) is 71.5 Å². The van der Waals surface area contributed by atoms with E-state index in [1.165, 1.54) is 57.8 Å². The van der Waals surface area contributed by atoms with Gasteiger partial charge in [0.2, 0.25) is 0 Å². The number of phosphoric acid groups is 1. The van der Waals surface area contributed by atoms with Gasteiger partial charge < -0.3 is 24.6 Å². The second kappa shape index (κ2) is 36.1. The lowest BCUT2D eigenvalue weighted by molar-refractivity contribution is -0.161. The van der Waals surface area contributed by atoms with Gasteiger partial charge in [-0.05, 0) is 38.2 Å². The fraction of sp³-hybridized carbons (Fsp3) is 0.825. The van der Waals surface area contributed by atoms with Gasteiger partial charge in [-0.1, -0.05) is 141 Å². The Morgan fingerprint density at radius 1 is 0.615 bits per heavy atom. The molecule has 0 rings (SSSR count). The van der Waals surface area contributed by atoms with Crippen molar-refractivity contribution >= 4 is 25.5 Å². The number of ether oxygens (including phenoxy) is 2. The molecule has 0 amide bonds. The first-order valence-corrected chi connectivity index (χ1v) is 21.7. The highest BCUT2D eigenvalue weighted by Gasteiger charge is 2.27. The molecule has 304 valence electrons. The summed E-state index contributed by atoms with van der Waals surface area (Å²) in [6, 6.07) is 0. The van der Waals surface area contributed by atoms with Crippen LogP contribution in [0.5, 0.6) is 0 Å². The van der Waals surface area contributed by atoms with E-state index < -0.39 is 51.8 Å². The first-order chi connectivity index (χ1) is 25.1. The molecule has 0 heterocycles. The number of unbranched alkanes of at least 4 members (excludes halogenated alkanes) is 19. The fourth-order valence-electron chi connectivity index (χ4n) is 5.39. The van der Waals surface area contributed by atoms with Crippen molar-refractivity contribution in [2.45, 2.75) is 187 Å². The van der Waals surface area contributed by atoms with Crippen molar-refractivity contribution in [3.63, 3.8) is 0 Å². The van der Waals surface area contributed by atoms with Crippen molar-refractivity contribution in [3.05, 3.63) is 24.3 Å². The molecule has 52 heavy (non-hydrogen) atoms. The van der Waals surface area contributed by atoms with Gasteiger partial charge in [0.05, 0.1) is 19.8 Å². The molecule has 0 aliphatic carbocycles. The van der Waals surface area contributed by atoms with Crippen molar-refractivity contribution in [2.24, 2.45) is 0 Å². The van der Waals surface area contributed by atoms with Crippen LogP contribution >= 0.6 is 7.82 Å². The zero-order valence-electron chi connectivity index (χ0n) is 32.5. The van der Waals surface area contributed by atoms with Crippen LogP contribution in [-0.2, 0) is 37.5 Å². The second-order valence-corrected chi connectivity index (χ2v) is 15.2. The molecule has 0 bridgehead atoms. The second-order valence-electron chi connectivity index (χ2n) is 13.7. The Hall–Kier alpha value is -1.88. The van der Waals surface area contributed by atoms with Gasteiger partial charge in [0.25, 0.3) is 0 Å². The number of ketones is 1. The minimum Gasteiger partial charge on any atom is -0.462 e. The van der Waals surface area contributed by atoms with Crippen LogP contribution in [0.2, 0.25) is 0 Å². The van der Waals surface area contributed by atoms with Crippen LogP contribution in [0.1, 0.15) is 174 Å². The third-order valence-corrected chi connectivity index (χ3v) is 9.54. The van der Waals surface area contributed by atoms with Crippen molar-refractivity contribution in [1.82, 2.24) is 0 Å². The Kier molecular flexibility index (Phi) is 34.8. The molecule has 0 aromatic heterocycles. The molecule has 0 saturated heterocycles. The molecule has 0 aliphatic rings. The number of allylic oxidation sites excluding steroid dienone is 4. The molecular formula is C40H73O11P. The van der Waals surface area contributed by atoms with Gasteiger partial charge in [-0.2, -0.15) is 0 Å². The normalized spacial score (nSPS) is 14.1. The number of rotatable bonds is 38. The Bertz CT molecular complexity index is 985. The monoisotopic (exact) mass is 760 g/mol. The summed E-state index contributed by atoms with van der Waals surface area (Å²) in [6.07, 6.45) is 29.8. The smallest absolute Gasteiger partial charge is 0.462 e. The topological polar surface area (TPSA) is 166 Å². The van der Waals surface area contributed by atoms with E-state index in [1.54, 1.807) is 12.2 Å². The highest BCUT2D eigenvalue weighted by atomic mass is 31.2. The van der Waals surface area contributed by atoms with Crippen LogP contribution in [0, 0.1) is 0 Å². The molecule has 12 heteroatoms. The van der Waals surface area contributed by atoms with E-state index >= 15 is 0 Å². The predicted octanol–water partition coefficient (Wildman–Crippen LogP) is 9.40. The summed E-state index contributed by atoms with van der Waals surface area (Å²) in [5.74, 6) is -0.820. The molecule has 3 N–H and O–H groups in total. The average molecular weight is 761 g/mol. The molecule has 0 fully saturated rings. The summed E-state index contributed by atoms with van der Waals surface area (Å²) in [6.45, 7) is 2.17. The summed E-state index contributed by atoms with van der Waals surface area (Å²) in [4.78, 5) is 46.6. The highest BCUT2D eigenvalue weighted by molar-refractivity contribution is 7.47. The van der Waals surface area contributed by atoms with E-state index in [2.05, 4.69) is 18.4 Å². The number of carbonyl (C=O) groups excluding carboxylic acids is 3. The number of carbonyl (C=O) groups is 3. The van der Waals surface area contributed by atoms with Crippen LogP contribution in [0.4, 0.5) is 0 Å². The van der Waals surface area contributed by atoms with E-state index in [0.717, 1.165) is 70.6 Å². The average Bonchev–Trinajstić information content (AvgIpc) is 3.12. The maximum atomic E-state index is 12.6. The molecule has 1 unspecified atom stereocenters. The van der Waals surface area contributed by atoms with Gasteiger partial charge in [-0.15, -0.1) is 0 Å². The standard InChI is InChI=1S/C40H73O11P/c1-3-5-7-8-9-10-11-12-13-16-19-22-26-30-39(44)48-34-38(35-50-52(46,47)49-33-37(43)32-41)51-40(45)31-27-23-20-17-14-15-18-21-25-29-36(42)28-24-6-4-2/h18,21,25,29,37-38,41,43H,3-17,19-20,22-24,26-28,30-35H2,1-2H3,(H,46,47)/b21-18-,29-25+/t37-,38+/m0/s1. The predicted molar refractivity (Wildman–Crippen MR) is 206 cm³/mol. The van der Waals surface area contributed by atoms with E-state index in [4.69, 9.17) is 19.1 Å².